The number of hydrogen-bond donors (Lipinski definition) is 2. The number of allylic oxidation sites excluding steroid dienone is 1. The molecule has 0 radical (unpaired) electrons. The van der Waals surface area contributed by atoms with E-state index in [1.807, 2.05) is 20.8 Å². The minimum Gasteiger partial charge on any atom is -0.480 e. The molecule has 17 heavy (non-hydrogen) atoms. The summed E-state index contributed by atoms with van der Waals surface area (Å²) in [5.74, 6) is -1.24. The molecule has 4 heteroatoms. The van der Waals surface area contributed by atoms with Crippen LogP contribution in [-0.4, -0.2) is 22.5 Å². The third kappa shape index (κ3) is 3.88. The Labute approximate surface area is 102 Å². The number of carboxylic acid groups (broad SMARTS) is 1. The van der Waals surface area contributed by atoms with Crippen LogP contribution < -0.4 is 5.32 Å². The number of carboxylic acids is 1. The van der Waals surface area contributed by atoms with E-state index in [0.29, 0.717) is 12.8 Å². The zero-order valence-electron chi connectivity index (χ0n) is 10.7. The molecule has 0 unspecified atom stereocenters. The lowest BCUT2D eigenvalue weighted by Gasteiger charge is -2.24. The van der Waals surface area contributed by atoms with E-state index in [-0.39, 0.29) is 11.3 Å². The van der Waals surface area contributed by atoms with Gasteiger partial charge in [-0.2, -0.15) is 0 Å². The second-order valence-corrected chi connectivity index (χ2v) is 5.78. The largest absolute Gasteiger partial charge is 0.480 e. The predicted octanol–water partition coefficient (Wildman–Crippen LogP) is 2.10. The Morgan fingerprint density at radius 2 is 1.76 bits per heavy atom. The average Bonchev–Trinajstić information content (AvgIpc) is 2.63. The highest BCUT2D eigenvalue weighted by atomic mass is 16.4. The molecule has 0 atom stereocenters. The number of hydrogen-bond acceptors (Lipinski definition) is 2. The highest BCUT2D eigenvalue weighted by Gasteiger charge is 2.42. The first-order valence-corrected chi connectivity index (χ1v) is 6.00. The standard InChI is InChI=1S/C13H21NO3/c1-12(2,3)9-6-10(15)14-13(11(16)17)7-4-5-8-13/h6,9H,4-5,7-8H2,1-3H3,(H,14,15)(H,16,17). The maximum absolute atomic E-state index is 11.7. The van der Waals surface area contributed by atoms with Gasteiger partial charge in [0, 0.05) is 0 Å². The summed E-state index contributed by atoms with van der Waals surface area (Å²) in [4.78, 5) is 22.9. The summed E-state index contributed by atoms with van der Waals surface area (Å²) in [6.45, 7) is 5.96. The molecular formula is C13H21NO3. The van der Waals surface area contributed by atoms with E-state index in [4.69, 9.17) is 0 Å². The van der Waals surface area contributed by atoms with Gasteiger partial charge in [0.15, 0.2) is 0 Å². The molecule has 1 aliphatic carbocycles. The van der Waals surface area contributed by atoms with Crippen molar-refractivity contribution in [3.05, 3.63) is 12.2 Å². The Kier molecular flexibility index (Phi) is 3.96. The zero-order valence-corrected chi connectivity index (χ0v) is 10.7. The second kappa shape index (κ2) is 4.90. The van der Waals surface area contributed by atoms with E-state index in [9.17, 15) is 14.7 Å². The van der Waals surface area contributed by atoms with Crippen molar-refractivity contribution in [1.82, 2.24) is 5.32 Å². The van der Waals surface area contributed by atoms with Crippen LogP contribution in [0.3, 0.4) is 0 Å². The van der Waals surface area contributed by atoms with Crippen molar-refractivity contribution in [3.8, 4) is 0 Å². The molecule has 1 aliphatic rings. The quantitative estimate of drug-likeness (QED) is 0.741. The third-order valence-corrected chi connectivity index (χ3v) is 2.96. The molecule has 1 rings (SSSR count). The first-order chi connectivity index (χ1) is 7.75. The van der Waals surface area contributed by atoms with Crippen LogP contribution in [0, 0.1) is 5.41 Å². The van der Waals surface area contributed by atoms with E-state index >= 15 is 0 Å². The summed E-state index contributed by atoms with van der Waals surface area (Å²) in [7, 11) is 0. The maximum Gasteiger partial charge on any atom is 0.329 e. The van der Waals surface area contributed by atoms with Gasteiger partial charge in [0.25, 0.3) is 0 Å². The third-order valence-electron chi connectivity index (χ3n) is 2.96. The molecule has 0 aliphatic heterocycles. The van der Waals surface area contributed by atoms with Crippen LogP contribution in [-0.2, 0) is 9.59 Å². The summed E-state index contributed by atoms with van der Waals surface area (Å²) >= 11 is 0. The van der Waals surface area contributed by atoms with Crippen LogP contribution in [0.1, 0.15) is 46.5 Å². The van der Waals surface area contributed by atoms with Gasteiger partial charge in [-0.25, -0.2) is 4.79 Å². The first-order valence-electron chi connectivity index (χ1n) is 6.00. The minimum absolute atomic E-state index is 0.0800. The number of carbonyl (C=O) groups is 2. The minimum atomic E-state index is -1.04. The van der Waals surface area contributed by atoms with Gasteiger partial charge in [0.2, 0.25) is 5.91 Å². The van der Waals surface area contributed by atoms with Crippen LogP contribution >= 0.6 is 0 Å². The lowest BCUT2D eigenvalue weighted by atomic mass is 9.95. The molecular weight excluding hydrogens is 218 g/mol. The van der Waals surface area contributed by atoms with Gasteiger partial charge in [0.05, 0.1) is 0 Å². The monoisotopic (exact) mass is 239 g/mol. The lowest BCUT2D eigenvalue weighted by molar-refractivity contribution is -0.146. The Balaban J connectivity index is 2.66. The molecule has 0 bridgehead atoms. The average molecular weight is 239 g/mol. The van der Waals surface area contributed by atoms with Gasteiger partial charge in [-0.3, -0.25) is 4.79 Å². The summed E-state index contributed by atoms with van der Waals surface area (Å²) in [5.41, 5.74) is -1.12. The van der Waals surface area contributed by atoms with Crippen LogP contribution in [0.15, 0.2) is 12.2 Å². The molecule has 0 aromatic rings. The number of rotatable bonds is 3. The maximum atomic E-state index is 11.7. The molecule has 0 saturated heterocycles. The smallest absolute Gasteiger partial charge is 0.329 e. The summed E-state index contributed by atoms with van der Waals surface area (Å²) in [5, 5.41) is 11.8. The number of nitrogens with one attached hydrogen (secondary N) is 1. The molecule has 2 N–H and O–H groups in total. The van der Waals surface area contributed by atoms with Crippen molar-refractivity contribution in [2.45, 2.75) is 52.0 Å². The second-order valence-electron chi connectivity index (χ2n) is 5.78. The molecule has 0 aromatic carbocycles. The SMILES string of the molecule is CC(C)(C)C=CC(=O)NC1(C(=O)O)CCCC1. The van der Waals surface area contributed by atoms with Crippen molar-refractivity contribution in [1.29, 1.82) is 0 Å². The molecule has 4 nitrogen and oxygen atoms in total. The Morgan fingerprint density at radius 3 is 2.18 bits per heavy atom. The molecule has 0 heterocycles. The lowest BCUT2D eigenvalue weighted by Crippen LogP contribution is -2.52. The van der Waals surface area contributed by atoms with Gasteiger partial charge < -0.3 is 10.4 Å². The van der Waals surface area contributed by atoms with Crippen molar-refractivity contribution in [3.63, 3.8) is 0 Å². The van der Waals surface area contributed by atoms with Crippen molar-refractivity contribution in [2.75, 3.05) is 0 Å². The molecule has 0 spiro atoms. The molecule has 96 valence electrons. The summed E-state index contributed by atoms with van der Waals surface area (Å²) < 4.78 is 0. The van der Waals surface area contributed by atoms with Crippen molar-refractivity contribution < 1.29 is 14.7 Å². The highest BCUT2D eigenvalue weighted by Crippen LogP contribution is 2.29. The normalized spacial score (nSPS) is 19.5. The number of aliphatic carboxylic acids is 1. The van der Waals surface area contributed by atoms with Crippen molar-refractivity contribution in [2.24, 2.45) is 5.41 Å². The Hall–Kier alpha value is -1.32. The molecule has 1 amide bonds. The van der Waals surface area contributed by atoms with Gasteiger partial charge in [-0.15, -0.1) is 0 Å². The Bertz CT molecular complexity index is 333. The van der Waals surface area contributed by atoms with E-state index in [0.717, 1.165) is 12.8 Å². The van der Waals surface area contributed by atoms with Gasteiger partial charge in [0.1, 0.15) is 5.54 Å². The van der Waals surface area contributed by atoms with Gasteiger partial charge >= 0.3 is 5.97 Å². The van der Waals surface area contributed by atoms with Gasteiger partial charge in [-0.1, -0.05) is 39.7 Å². The number of carbonyl (C=O) groups excluding carboxylic acids is 1. The summed E-state index contributed by atoms with van der Waals surface area (Å²) in [6.07, 6.45) is 5.98. The Morgan fingerprint density at radius 1 is 1.24 bits per heavy atom. The van der Waals surface area contributed by atoms with Gasteiger partial charge in [-0.05, 0) is 24.3 Å². The van der Waals surface area contributed by atoms with Crippen molar-refractivity contribution >= 4 is 11.9 Å². The van der Waals surface area contributed by atoms with E-state index in [1.165, 1.54) is 6.08 Å². The zero-order chi connectivity index (χ0) is 13.1. The highest BCUT2D eigenvalue weighted by molar-refractivity contribution is 5.93. The summed E-state index contributed by atoms with van der Waals surface area (Å²) in [6, 6.07) is 0. The van der Waals surface area contributed by atoms with E-state index in [1.54, 1.807) is 6.08 Å². The fourth-order valence-corrected chi connectivity index (χ4v) is 1.97. The van der Waals surface area contributed by atoms with Crippen LogP contribution in [0.5, 0.6) is 0 Å². The molecule has 1 saturated carbocycles. The fraction of sp³-hybridized carbons (Fsp3) is 0.692. The first kappa shape index (κ1) is 13.7. The molecule has 0 aromatic heterocycles. The predicted molar refractivity (Wildman–Crippen MR) is 65.6 cm³/mol. The fourth-order valence-electron chi connectivity index (χ4n) is 1.97. The van der Waals surface area contributed by atoms with Crippen LogP contribution in [0.25, 0.3) is 0 Å². The molecule has 1 fully saturated rings. The van der Waals surface area contributed by atoms with Crippen LogP contribution in [0.4, 0.5) is 0 Å². The van der Waals surface area contributed by atoms with E-state index < -0.39 is 11.5 Å². The van der Waals surface area contributed by atoms with E-state index in [2.05, 4.69) is 5.32 Å². The van der Waals surface area contributed by atoms with Crippen LogP contribution in [0.2, 0.25) is 0 Å². The topological polar surface area (TPSA) is 66.4 Å². The number of amides is 1.